The van der Waals surface area contributed by atoms with Crippen LogP contribution < -0.4 is 0 Å². The van der Waals surface area contributed by atoms with Crippen LogP contribution in [-0.4, -0.2) is 60.6 Å². The first-order valence-electron chi connectivity index (χ1n) is 9.00. The maximum atomic E-state index is 12.3. The van der Waals surface area contributed by atoms with Gasteiger partial charge in [-0.3, -0.25) is 24.3 Å². The molecule has 2 aromatic heterocycles. The normalized spacial score (nSPS) is 13.9. The summed E-state index contributed by atoms with van der Waals surface area (Å²) in [5, 5.41) is 4.70. The quantitative estimate of drug-likeness (QED) is 0.656. The van der Waals surface area contributed by atoms with E-state index in [9.17, 15) is 4.79 Å². The number of hydrogen-bond acceptors (Lipinski definition) is 6. The Kier molecular flexibility index (Phi) is 6.62. The number of nitrogens with zero attached hydrogens (tertiary/aromatic N) is 6. The molecule has 0 radical (unpaired) electrons. The highest BCUT2D eigenvalue weighted by molar-refractivity contribution is 7.99. The molecule has 0 spiro atoms. The fourth-order valence-corrected chi connectivity index (χ4v) is 3.71. The van der Waals surface area contributed by atoms with Crippen molar-refractivity contribution in [2.24, 2.45) is 0 Å². The summed E-state index contributed by atoms with van der Waals surface area (Å²) in [6.45, 7) is 5.79. The van der Waals surface area contributed by atoms with E-state index in [-0.39, 0.29) is 5.91 Å². The number of aromatic nitrogens is 4. The fourth-order valence-electron chi connectivity index (χ4n) is 3.10. The zero-order chi connectivity index (χ0) is 18.4. The number of hydrogen-bond donors (Lipinski definition) is 0. The molecular formula is C18H26N6OS. The monoisotopic (exact) mass is 374 g/mol. The van der Waals surface area contributed by atoms with E-state index in [1.165, 1.54) is 0 Å². The molecule has 0 unspecified atom stereocenters. The van der Waals surface area contributed by atoms with Gasteiger partial charge in [0, 0.05) is 50.4 Å². The van der Waals surface area contributed by atoms with E-state index >= 15 is 0 Å². The van der Waals surface area contributed by atoms with Crippen LogP contribution in [0.2, 0.25) is 0 Å². The van der Waals surface area contributed by atoms with E-state index < -0.39 is 0 Å². The molecule has 0 N–H and O–H groups in total. The van der Waals surface area contributed by atoms with Crippen LogP contribution in [0, 0.1) is 0 Å². The number of rotatable bonds is 8. The molecule has 0 atom stereocenters. The molecule has 7 nitrogen and oxygen atoms in total. The smallest absolute Gasteiger partial charge is 0.223 e. The molecule has 0 aromatic carbocycles. The van der Waals surface area contributed by atoms with Crippen molar-refractivity contribution >= 4 is 17.7 Å². The summed E-state index contributed by atoms with van der Waals surface area (Å²) < 4.78 is 2.04. The first-order chi connectivity index (χ1) is 12.7. The number of fused-ring (bicyclic) bond motifs is 1. The van der Waals surface area contributed by atoms with Gasteiger partial charge in [0.15, 0.2) is 0 Å². The average molecular weight is 375 g/mol. The summed E-state index contributed by atoms with van der Waals surface area (Å²) >= 11 is 1.82. The van der Waals surface area contributed by atoms with Crippen LogP contribution in [0.3, 0.4) is 0 Å². The molecule has 0 fully saturated rings. The number of amides is 1. The molecule has 1 amide bonds. The molecule has 1 aliphatic heterocycles. The van der Waals surface area contributed by atoms with Gasteiger partial charge in [-0.05, 0) is 18.9 Å². The predicted molar refractivity (Wildman–Crippen MR) is 102 cm³/mol. The fraction of sp³-hybridized carbons (Fsp3) is 0.556. The van der Waals surface area contributed by atoms with Crippen molar-refractivity contribution in [3.05, 3.63) is 41.7 Å². The summed E-state index contributed by atoms with van der Waals surface area (Å²) in [4.78, 5) is 24.9. The molecule has 140 valence electrons. The lowest BCUT2D eigenvalue weighted by Crippen LogP contribution is -2.38. The van der Waals surface area contributed by atoms with Crippen LogP contribution in [0.4, 0.5) is 0 Å². The summed E-state index contributed by atoms with van der Waals surface area (Å²) in [6.07, 6.45) is 5.80. The zero-order valence-electron chi connectivity index (χ0n) is 15.5. The second-order valence-electron chi connectivity index (χ2n) is 6.48. The summed E-state index contributed by atoms with van der Waals surface area (Å²) in [7, 11) is 2.05. The van der Waals surface area contributed by atoms with Gasteiger partial charge in [-0.1, -0.05) is 6.92 Å². The Morgan fingerprint density at radius 1 is 1.27 bits per heavy atom. The van der Waals surface area contributed by atoms with Crippen molar-refractivity contribution < 1.29 is 4.79 Å². The van der Waals surface area contributed by atoms with Crippen molar-refractivity contribution in [2.75, 3.05) is 25.1 Å². The molecule has 3 heterocycles. The molecule has 2 aromatic rings. The van der Waals surface area contributed by atoms with Crippen LogP contribution in [0.5, 0.6) is 0 Å². The van der Waals surface area contributed by atoms with E-state index in [4.69, 9.17) is 5.10 Å². The lowest BCUT2D eigenvalue weighted by Gasteiger charge is -2.27. The van der Waals surface area contributed by atoms with Crippen molar-refractivity contribution in [3.8, 4) is 0 Å². The molecule has 26 heavy (non-hydrogen) atoms. The van der Waals surface area contributed by atoms with Gasteiger partial charge >= 0.3 is 0 Å². The van der Waals surface area contributed by atoms with Gasteiger partial charge in [0.25, 0.3) is 0 Å². The molecule has 0 saturated heterocycles. The summed E-state index contributed by atoms with van der Waals surface area (Å²) in [5.74, 6) is 2.22. The Morgan fingerprint density at radius 2 is 2.12 bits per heavy atom. The highest BCUT2D eigenvalue weighted by Crippen LogP contribution is 2.16. The first kappa shape index (κ1) is 18.8. The van der Waals surface area contributed by atoms with Gasteiger partial charge in [0.2, 0.25) is 5.91 Å². The minimum atomic E-state index is 0.250. The molecule has 0 aliphatic carbocycles. The van der Waals surface area contributed by atoms with Crippen LogP contribution >= 0.6 is 11.8 Å². The molecular weight excluding hydrogens is 348 g/mol. The third kappa shape index (κ3) is 5.04. The van der Waals surface area contributed by atoms with Gasteiger partial charge in [-0.2, -0.15) is 16.9 Å². The van der Waals surface area contributed by atoms with Crippen LogP contribution in [-0.2, 0) is 31.0 Å². The minimum Gasteiger partial charge on any atom is -0.335 e. The largest absolute Gasteiger partial charge is 0.335 e. The lowest BCUT2D eigenvalue weighted by atomic mass is 10.2. The van der Waals surface area contributed by atoms with Crippen molar-refractivity contribution in [2.45, 2.75) is 39.5 Å². The predicted octanol–water partition coefficient (Wildman–Crippen LogP) is 1.79. The maximum Gasteiger partial charge on any atom is 0.223 e. The summed E-state index contributed by atoms with van der Waals surface area (Å²) in [6, 6.07) is 2.12. The van der Waals surface area contributed by atoms with Gasteiger partial charge < -0.3 is 4.90 Å². The average Bonchev–Trinajstić information content (AvgIpc) is 3.03. The number of carbonyl (C=O) groups is 1. The van der Waals surface area contributed by atoms with Crippen LogP contribution in [0.1, 0.15) is 30.4 Å². The lowest BCUT2D eigenvalue weighted by molar-refractivity contribution is -0.132. The van der Waals surface area contributed by atoms with Crippen molar-refractivity contribution in [3.63, 3.8) is 0 Å². The third-order valence-corrected chi connectivity index (χ3v) is 5.25. The van der Waals surface area contributed by atoms with E-state index in [2.05, 4.69) is 27.9 Å². The topological polar surface area (TPSA) is 67.2 Å². The maximum absolute atomic E-state index is 12.3. The third-order valence-electron chi connectivity index (χ3n) is 4.35. The van der Waals surface area contributed by atoms with E-state index in [1.807, 2.05) is 28.4 Å². The molecule has 1 aliphatic rings. The Hall–Kier alpha value is -1.93. The van der Waals surface area contributed by atoms with E-state index in [1.54, 1.807) is 18.6 Å². The number of thioether (sulfide) groups is 1. The van der Waals surface area contributed by atoms with Crippen LogP contribution in [0.15, 0.2) is 24.7 Å². The molecule has 3 rings (SSSR count). The second-order valence-corrected chi connectivity index (χ2v) is 7.88. The second kappa shape index (κ2) is 9.14. The molecule has 0 saturated carbocycles. The molecule has 0 bridgehead atoms. The first-order valence-corrected chi connectivity index (χ1v) is 10.2. The van der Waals surface area contributed by atoms with Gasteiger partial charge in [0.1, 0.15) is 0 Å². The van der Waals surface area contributed by atoms with Crippen LogP contribution in [0.25, 0.3) is 0 Å². The van der Waals surface area contributed by atoms with Gasteiger partial charge in [-0.25, -0.2) is 0 Å². The van der Waals surface area contributed by atoms with Crippen molar-refractivity contribution in [1.29, 1.82) is 0 Å². The highest BCUT2D eigenvalue weighted by atomic mass is 32.2. The highest BCUT2D eigenvalue weighted by Gasteiger charge is 2.22. The minimum absolute atomic E-state index is 0.250. The Bertz CT molecular complexity index is 720. The van der Waals surface area contributed by atoms with E-state index in [0.717, 1.165) is 54.8 Å². The van der Waals surface area contributed by atoms with Gasteiger partial charge in [0.05, 0.1) is 30.2 Å². The Labute approximate surface area is 158 Å². The summed E-state index contributed by atoms with van der Waals surface area (Å²) in [5.41, 5.74) is 3.10. The number of carbonyl (C=O) groups excluding carboxylic acids is 1. The Balaban J connectivity index is 1.54. The molecule has 8 heteroatoms. The van der Waals surface area contributed by atoms with Gasteiger partial charge in [-0.15, -0.1) is 0 Å². The zero-order valence-corrected chi connectivity index (χ0v) is 16.3. The van der Waals surface area contributed by atoms with E-state index in [0.29, 0.717) is 13.0 Å². The van der Waals surface area contributed by atoms with Crippen molar-refractivity contribution in [1.82, 2.24) is 29.5 Å². The Morgan fingerprint density at radius 3 is 2.88 bits per heavy atom. The standard InChI is InChI=1S/C18H26N6OS/c1-3-26-9-4-18(25)23-7-8-24-17(14-23)10-15(21-24)12-22(2)13-16-11-19-5-6-20-16/h5-6,10-11H,3-4,7-9,12-14H2,1-2H3. The SMILES string of the molecule is CCSCCC(=O)N1CCn2nc(CN(C)Cc3cnccn3)cc2C1.